The highest BCUT2D eigenvalue weighted by Crippen LogP contribution is 2.29. The minimum atomic E-state index is -0.469. The van der Waals surface area contributed by atoms with Gasteiger partial charge in [-0.05, 0) is 17.7 Å². The summed E-state index contributed by atoms with van der Waals surface area (Å²) >= 11 is 0. The summed E-state index contributed by atoms with van der Waals surface area (Å²) in [6.45, 7) is 0. The van der Waals surface area contributed by atoms with Crippen LogP contribution in [0.15, 0.2) is 48.7 Å². The van der Waals surface area contributed by atoms with Crippen molar-refractivity contribution in [2.45, 2.75) is 0 Å². The van der Waals surface area contributed by atoms with Crippen LogP contribution in [0.2, 0.25) is 0 Å². The summed E-state index contributed by atoms with van der Waals surface area (Å²) in [5.41, 5.74) is 5.85. The molecule has 0 aliphatic rings. The van der Waals surface area contributed by atoms with Gasteiger partial charge in [-0.2, -0.15) is 5.10 Å². The minimum absolute atomic E-state index is 0.182. The fourth-order valence-electron chi connectivity index (χ4n) is 2.59. The van der Waals surface area contributed by atoms with E-state index in [0.29, 0.717) is 0 Å². The number of hydrogen-bond donors (Lipinski definition) is 3. The molecule has 7 nitrogen and oxygen atoms in total. The highest BCUT2D eigenvalue weighted by molar-refractivity contribution is 5.99. The van der Waals surface area contributed by atoms with Crippen molar-refractivity contribution in [3.05, 3.63) is 54.4 Å². The second-order valence-electron chi connectivity index (χ2n) is 5.12. The lowest BCUT2D eigenvalue weighted by atomic mass is 10.0. The summed E-state index contributed by atoms with van der Waals surface area (Å²) in [5, 5.41) is 17.0. The standard InChI is InChI=1S/C16H12N6O/c17-19-16(23)14-7-10-2-1-3-12(15(10)22-21-14)9-4-5-11-8-18-20-13(11)6-9/h1-8H,17H2,(H,18,20)(H,19,23). The van der Waals surface area contributed by atoms with Crippen LogP contribution in [0.25, 0.3) is 32.9 Å². The van der Waals surface area contributed by atoms with Crippen molar-refractivity contribution in [3.8, 4) is 11.1 Å². The van der Waals surface area contributed by atoms with Crippen molar-refractivity contribution in [1.29, 1.82) is 0 Å². The molecule has 112 valence electrons. The topological polar surface area (TPSA) is 110 Å². The Morgan fingerprint density at radius 2 is 2.00 bits per heavy atom. The largest absolute Gasteiger partial charge is 0.289 e. The molecule has 0 saturated carbocycles. The SMILES string of the molecule is NNC(=O)c1cc2cccc(-c3ccc4cn[nH]c4c3)c2nn1. The van der Waals surface area contributed by atoms with Gasteiger partial charge in [0.1, 0.15) is 5.52 Å². The third-order valence-electron chi connectivity index (χ3n) is 3.73. The second kappa shape index (κ2) is 5.15. The number of aromatic amines is 1. The lowest BCUT2D eigenvalue weighted by Crippen LogP contribution is -2.30. The van der Waals surface area contributed by atoms with Crippen molar-refractivity contribution in [2.75, 3.05) is 0 Å². The predicted molar refractivity (Wildman–Crippen MR) is 86.3 cm³/mol. The van der Waals surface area contributed by atoms with E-state index in [2.05, 4.69) is 25.8 Å². The zero-order valence-electron chi connectivity index (χ0n) is 11.9. The molecular formula is C16H12N6O. The van der Waals surface area contributed by atoms with Crippen LogP contribution >= 0.6 is 0 Å². The highest BCUT2D eigenvalue weighted by Gasteiger charge is 2.11. The number of fused-ring (bicyclic) bond motifs is 2. The van der Waals surface area contributed by atoms with Crippen LogP contribution in [0.4, 0.5) is 0 Å². The summed E-state index contributed by atoms with van der Waals surface area (Å²) in [7, 11) is 0. The molecule has 4 aromatic rings. The number of carbonyl (C=O) groups is 1. The number of nitrogens with one attached hydrogen (secondary N) is 2. The Balaban J connectivity index is 1.91. The number of nitrogens with zero attached hydrogens (tertiary/aromatic N) is 3. The lowest BCUT2D eigenvalue weighted by molar-refractivity contribution is 0.0948. The summed E-state index contributed by atoms with van der Waals surface area (Å²) in [6.07, 6.45) is 1.78. The van der Waals surface area contributed by atoms with Crippen molar-refractivity contribution in [3.63, 3.8) is 0 Å². The molecule has 1 amide bonds. The fourth-order valence-corrected chi connectivity index (χ4v) is 2.59. The molecule has 7 heteroatoms. The molecule has 0 fully saturated rings. The smallest absolute Gasteiger partial charge is 0.285 e. The zero-order chi connectivity index (χ0) is 15.8. The molecule has 0 aliphatic carbocycles. The van der Waals surface area contributed by atoms with Crippen LogP contribution in [0.5, 0.6) is 0 Å². The normalized spacial score (nSPS) is 11.0. The molecule has 2 aromatic heterocycles. The van der Waals surface area contributed by atoms with Crippen molar-refractivity contribution in [2.24, 2.45) is 5.84 Å². The van der Waals surface area contributed by atoms with Gasteiger partial charge in [0, 0.05) is 16.3 Å². The maximum absolute atomic E-state index is 11.6. The lowest BCUT2D eigenvalue weighted by Gasteiger charge is -2.07. The summed E-state index contributed by atoms with van der Waals surface area (Å²) in [4.78, 5) is 11.6. The Morgan fingerprint density at radius 3 is 2.87 bits per heavy atom. The van der Waals surface area contributed by atoms with E-state index in [0.717, 1.165) is 32.9 Å². The van der Waals surface area contributed by atoms with E-state index >= 15 is 0 Å². The molecule has 0 radical (unpaired) electrons. The molecule has 0 atom stereocenters. The van der Waals surface area contributed by atoms with Crippen LogP contribution in [-0.2, 0) is 0 Å². The molecule has 0 saturated heterocycles. The first-order valence-corrected chi connectivity index (χ1v) is 6.97. The van der Waals surface area contributed by atoms with Gasteiger partial charge in [0.2, 0.25) is 0 Å². The van der Waals surface area contributed by atoms with E-state index in [-0.39, 0.29) is 5.69 Å². The molecule has 0 aliphatic heterocycles. The van der Waals surface area contributed by atoms with E-state index in [1.54, 1.807) is 12.3 Å². The van der Waals surface area contributed by atoms with E-state index in [1.807, 2.05) is 36.4 Å². The van der Waals surface area contributed by atoms with Crippen LogP contribution in [0.3, 0.4) is 0 Å². The minimum Gasteiger partial charge on any atom is -0.289 e. The van der Waals surface area contributed by atoms with Crippen LogP contribution < -0.4 is 11.3 Å². The molecule has 4 N–H and O–H groups in total. The monoisotopic (exact) mass is 304 g/mol. The van der Waals surface area contributed by atoms with E-state index < -0.39 is 5.91 Å². The second-order valence-corrected chi connectivity index (χ2v) is 5.12. The van der Waals surface area contributed by atoms with Gasteiger partial charge in [0.05, 0.1) is 11.7 Å². The van der Waals surface area contributed by atoms with E-state index in [4.69, 9.17) is 5.84 Å². The number of hydrogen-bond acceptors (Lipinski definition) is 5. The number of nitrogen functional groups attached to an aromatic ring is 1. The first kappa shape index (κ1) is 13.4. The van der Waals surface area contributed by atoms with E-state index in [9.17, 15) is 4.79 Å². The molecule has 4 rings (SSSR count). The molecule has 0 unspecified atom stereocenters. The number of hydrazine groups is 1. The van der Waals surface area contributed by atoms with Gasteiger partial charge in [-0.1, -0.05) is 30.3 Å². The number of aromatic nitrogens is 4. The highest BCUT2D eigenvalue weighted by atomic mass is 16.2. The van der Waals surface area contributed by atoms with Crippen molar-refractivity contribution < 1.29 is 4.79 Å². The predicted octanol–water partition coefficient (Wildman–Crippen LogP) is 1.78. The maximum atomic E-state index is 11.6. The van der Waals surface area contributed by atoms with Crippen LogP contribution in [-0.4, -0.2) is 26.3 Å². The first-order valence-electron chi connectivity index (χ1n) is 6.97. The summed E-state index contributed by atoms with van der Waals surface area (Å²) in [6, 6.07) is 13.5. The molecule has 2 heterocycles. The number of nitrogens with two attached hydrogens (primary N) is 1. The molecule has 2 aromatic carbocycles. The third-order valence-corrected chi connectivity index (χ3v) is 3.73. The number of amides is 1. The molecule has 0 bridgehead atoms. The van der Waals surface area contributed by atoms with Gasteiger partial charge >= 0.3 is 0 Å². The zero-order valence-corrected chi connectivity index (χ0v) is 11.9. The van der Waals surface area contributed by atoms with Gasteiger partial charge in [0.25, 0.3) is 5.91 Å². The quantitative estimate of drug-likeness (QED) is 0.297. The van der Waals surface area contributed by atoms with Gasteiger partial charge in [-0.15, -0.1) is 10.2 Å². The summed E-state index contributed by atoms with van der Waals surface area (Å²) < 4.78 is 0. The first-order chi connectivity index (χ1) is 11.3. The Bertz CT molecular complexity index is 1040. The number of H-pyrrole nitrogens is 1. The number of carbonyl (C=O) groups excluding carboxylic acids is 1. The van der Waals surface area contributed by atoms with Gasteiger partial charge in [-0.25, -0.2) is 5.84 Å². The Morgan fingerprint density at radius 1 is 1.09 bits per heavy atom. The van der Waals surface area contributed by atoms with E-state index in [1.165, 1.54) is 0 Å². The van der Waals surface area contributed by atoms with Crippen LogP contribution in [0, 0.1) is 0 Å². The van der Waals surface area contributed by atoms with Crippen LogP contribution in [0.1, 0.15) is 10.5 Å². The molecule has 23 heavy (non-hydrogen) atoms. The fraction of sp³-hybridized carbons (Fsp3) is 0. The number of benzene rings is 2. The van der Waals surface area contributed by atoms with Gasteiger partial charge < -0.3 is 0 Å². The summed E-state index contributed by atoms with van der Waals surface area (Å²) in [5.74, 6) is 4.67. The average molecular weight is 304 g/mol. The van der Waals surface area contributed by atoms with Gasteiger partial charge in [-0.3, -0.25) is 15.3 Å². The Labute approximate surface area is 130 Å². The maximum Gasteiger partial charge on any atom is 0.285 e. The molecular weight excluding hydrogens is 292 g/mol. The third kappa shape index (κ3) is 2.19. The van der Waals surface area contributed by atoms with Gasteiger partial charge in [0.15, 0.2) is 5.69 Å². The Hall–Kier alpha value is -3.32. The Kier molecular flexibility index (Phi) is 2.99. The number of rotatable bonds is 2. The average Bonchev–Trinajstić information content (AvgIpc) is 3.07. The molecule has 0 spiro atoms. The van der Waals surface area contributed by atoms with Crippen molar-refractivity contribution >= 4 is 27.7 Å². The van der Waals surface area contributed by atoms with Crippen molar-refractivity contribution in [1.82, 2.24) is 25.8 Å².